The van der Waals surface area contributed by atoms with Crippen LogP contribution >= 0.6 is 0 Å². The minimum Gasteiger partial charge on any atom is -0.490 e. The normalized spacial score (nSPS) is 20.3. The summed E-state index contributed by atoms with van der Waals surface area (Å²) < 4.78 is 6.41. The summed E-state index contributed by atoms with van der Waals surface area (Å²) in [4.78, 5) is 15.8. The number of aromatic nitrogens is 1. The minimum absolute atomic E-state index is 0.00373. The fourth-order valence-corrected chi connectivity index (χ4v) is 3.92. The first-order chi connectivity index (χ1) is 12.5. The average molecular weight is 354 g/mol. The third kappa shape index (κ3) is 4.57. The molecular weight excluding hydrogens is 322 g/mol. The standard InChI is InChI=1S/C23H31NO2/c1-16(2)22-21(26-20-12-8-7-9-17(20)3)15-19(24-23(22)25)14-13-18-10-5-4-6-11-18/h4-6,10-11,15-17,20H,7-9,12-14H2,1-3H3,(H,24,25)/t17-,20-/m1/s1. The van der Waals surface area contributed by atoms with Gasteiger partial charge in [0.1, 0.15) is 11.9 Å². The molecule has 1 aliphatic rings. The van der Waals surface area contributed by atoms with Gasteiger partial charge in [-0.3, -0.25) is 4.79 Å². The summed E-state index contributed by atoms with van der Waals surface area (Å²) in [6.07, 6.45) is 6.76. The maximum absolute atomic E-state index is 12.7. The molecular formula is C23H31NO2. The number of hydrogen-bond acceptors (Lipinski definition) is 2. The second kappa shape index (κ2) is 8.57. The summed E-state index contributed by atoms with van der Waals surface area (Å²) in [5, 5.41) is 0. The van der Waals surface area contributed by atoms with Gasteiger partial charge in [0, 0.05) is 11.8 Å². The lowest BCUT2D eigenvalue weighted by molar-refractivity contribution is 0.101. The van der Waals surface area contributed by atoms with Crippen molar-refractivity contribution in [3.63, 3.8) is 0 Å². The van der Waals surface area contributed by atoms with Crippen LogP contribution in [0.4, 0.5) is 0 Å². The fraction of sp³-hybridized carbons (Fsp3) is 0.522. The molecule has 1 heterocycles. The van der Waals surface area contributed by atoms with E-state index in [0.29, 0.717) is 5.92 Å². The molecule has 0 spiro atoms. The topological polar surface area (TPSA) is 42.1 Å². The van der Waals surface area contributed by atoms with E-state index < -0.39 is 0 Å². The Morgan fingerprint density at radius 1 is 1.12 bits per heavy atom. The summed E-state index contributed by atoms with van der Waals surface area (Å²) in [6, 6.07) is 12.5. The highest BCUT2D eigenvalue weighted by atomic mass is 16.5. The number of hydrogen-bond donors (Lipinski definition) is 1. The first kappa shape index (κ1) is 18.8. The summed E-state index contributed by atoms with van der Waals surface area (Å²) in [5.74, 6) is 1.50. The van der Waals surface area contributed by atoms with E-state index in [0.717, 1.165) is 36.3 Å². The molecule has 0 saturated heterocycles. The molecule has 1 aliphatic carbocycles. The first-order valence-electron chi connectivity index (χ1n) is 10.0. The Labute approximate surface area is 156 Å². The predicted octanol–water partition coefficient (Wildman–Crippen LogP) is 5.24. The maximum Gasteiger partial charge on any atom is 0.255 e. The highest BCUT2D eigenvalue weighted by molar-refractivity contribution is 5.36. The molecule has 2 atom stereocenters. The van der Waals surface area contributed by atoms with Crippen LogP contribution in [0.1, 0.15) is 69.2 Å². The zero-order valence-corrected chi connectivity index (χ0v) is 16.3. The van der Waals surface area contributed by atoms with Gasteiger partial charge in [-0.1, -0.05) is 57.5 Å². The molecule has 0 aliphatic heterocycles. The van der Waals surface area contributed by atoms with Gasteiger partial charge >= 0.3 is 0 Å². The van der Waals surface area contributed by atoms with Crippen LogP contribution < -0.4 is 10.3 Å². The number of H-pyrrole nitrogens is 1. The van der Waals surface area contributed by atoms with E-state index in [2.05, 4.69) is 56.1 Å². The lowest BCUT2D eigenvalue weighted by Gasteiger charge is -2.30. The van der Waals surface area contributed by atoms with Crippen molar-refractivity contribution in [2.24, 2.45) is 5.92 Å². The van der Waals surface area contributed by atoms with E-state index in [-0.39, 0.29) is 17.6 Å². The molecule has 140 valence electrons. The van der Waals surface area contributed by atoms with Crippen LogP contribution in [0.25, 0.3) is 0 Å². The van der Waals surface area contributed by atoms with Gasteiger partial charge in [0.05, 0.1) is 5.56 Å². The molecule has 1 fully saturated rings. The number of aryl methyl sites for hydroxylation is 2. The molecule has 0 bridgehead atoms. The lowest BCUT2D eigenvalue weighted by Crippen LogP contribution is -2.30. The van der Waals surface area contributed by atoms with E-state index in [9.17, 15) is 4.79 Å². The molecule has 1 saturated carbocycles. The van der Waals surface area contributed by atoms with Gasteiger partial charge in [-0.15, -0.1) is 0 Å². The molecule has 0 radical (unpaired) electrons. The van der Waals surface area contributed by atoms with Crippen molar-refractivity contribution in [3.05, 3.63) is 63.6 Å². The van der Waals surface area contributed by atoms with Gasteiger partial charge in [0.25, 0.3) is 5.56 Å². The second-order valence-electron chi connectivity index (χ2n) is 7.96. The van der Waals surface area contributed by atoms with E-state index in [1.807, 2.05) is 6.07 Å². The Bertz CT molecular complexity index is 764. The number of rotatable bonds is 6. The highest BCUT2D eigenvalue weighted by Crippen LogP contribution is 2.31. The quantitative estimate of drug-likeness (QED) is 0.771. The van der Waals surface area contributed by atoms with Crippen molar-refractivity contribution >= 4 is 0 Å². The molecule has 2 aromatic rings. The third-order valence-electron chi connectivity index (χ3n) is 5.50. The van der Waals surface area contributed by atoms with Crippen molar-refractivity contribution < 1.29 is 4.74 Å². The molecule has 0 unspecified atom stereocenters. The van der Waals surface area contributed by atoms with Crippen LogP contribution in [0, 0.1) is 5.92 Å². The second-order valence-corrected chi connectivity index (χ2v) is 7.96. The number of aromatic amines is 1. The van der Waals surface area contributed by atoms with Crippen LogP contribution in [-0.4, -0.2) is 11.1 Å². The maximum atomic E-state index is 12.7. The summed E-state index contributed by atoms with van der Waals surface area (Å²) >= 11 is 0. The van der Waals surface area contributed by atoms with Crippen LogP contribution in [-0.2, 0) is 12.8 Å². The Morgan fingerprint density at radius 3 is 2.54 bits per heavy atom. The zero-order chi connectivity index (χ0) is 18.5. The van der Waals surface area contributed by atoms with Crippen molar-refractivity contribution in [2.75, 3.05) is 0 Å². The number of nitrogens with one attached hydrogen (secondary N) is 1. The highest BCUT2D eigenvalue weighted by Gasteiger charge is 2.25. The van der Waals surface area contributed by atoms with E-state index in [1.54, 1.807) is 0 Å². The van der Waals surface area contributed by atoms with Gasteiger partial charge in [-0.2, -0.15) is 0 Å². The largest absolute Gasteiger partial charge is 0.490 e. The lowest BCUT2D eigenvalue weighted by atomic mass is 9.88. The minimum atomic E-state index is 0.00373. The Hall–Kier alpha value is -2.03. The van der Waals surface area contributed by atoms with Gasteiger partial charge in [-0.05, 0) is 49.5 Å². The zero-order valence-electron chi connectivity index (χ0n) is 16.3. The smallest absolute Gasteiger partial charge is 0.255 e. The number of ether oxygens (including phenoxy) is 1. The third-order valence-corrected chi connectivity index (χ3v) is 5.50. The summed E-state index contributed by atoms with van der Waals surface area (Å²) in [7, 11) is 0. The molecule has 3 nitrogen and oxygen atoms in total. The monoisotopic (exact) mass is 353 g/mol. The van der Waals surface area contributed by atoms with Crippen LogP contribution in [0.2, 0.25) is 0 Å². The van der Waals surface area contributed by atoms with Crippen molar-refractivity contribution in [2.45, 2.75) is 71.3 Å². The van der Waals surface area contributed by atoms with Crippen LogP contribution in [0.15, 0.2) is 41.2 Å². The molecule has 1 N–H and O–H groups in total. The van der Waals surface area contributed by atoms with Crippen molar-refractivity contribution in [3.8, 4) is 5.75 Å². The number of benzene rings is 1. The Balaban J connectivity index is 1.83. The molecule has 3 heteroatoms. The summed E-state index contributed by atoms with van der Waals surface area (Å²) in [6.45, 7) is 6.39. The van der Waals surface area contributed by atoms with Gasteiger partial charge in [-0.25, -0.2) is 0 Å². The molecule has 1 aromatic carbocycles. The van der Waals surface area contributed by atoms with Gasteiger partial charge in [0.15, 0.2) is 0 Å². The predicted molar refractivity (Wildman–Crippen MR) is 107 cm³/mol. The van der Waals surface area contributed by atoms with Crippen LogP contribution in [0.3, 0.4) is 0 Å². The number of pyridine rings is 1. The van der Waals surface area contributed by atoms with Crippen molar-refractivity contribution in [1.82, 2.24) is 4.98 Å². The Morgan fingerprint density at radius 2 is 1.85 bits per heavy atom. The fourth-order valence-electron chi connectivity index (χ4n) is 3.92. The summed E-state index contributed by atoms with van der Waals surface area (Å²) in [5.41, 5.74) is 3.03. The van der Waals surface area contributed by atoms with E-state index >= 15 is 0 Å². The van der Waals surface area contributed by atoms with Gasteiger partial charge in [0.2, 0.25) is 0 Å². The average Bonchev–Trinajstić information content (AvgIpc) is 2.62. The Kier molecular flexibility index (Phi) is 6.18. The van der Waals surface area contributed by atoms with Gasteiger partial charge < -0.3 is 9.72 Å². The molecule has 1 aromatic heterocycles. The van der Waals surface area contributed by atoms with Crippen molar-refractivity contribution in [1.29, 1.82) is 0 Å². The molecule has 3 rings (SSSR count). The van der Waals surface area contributed by atoms with Crippen LogP contribution in [0.5, 0.6) is 5.75 Å². The molecule has 0 amide bonds. The molecule has 26 heavy (non-hydrogen) atoms. The first-order valence-corrected chi connectivity index (χ1v) is 10.0. The van der Waals surface area contributed by atoms with E-state index in [4.69, 9.17) is 4.74 Å². The van der Waals surface area contributed by atoms with E-state index in [1.165, 1.54) is 24.8 Å². The SMILES string of the molecule is CC(C)c1c(O[C@@H]2CCCC[C@H]2C)cc(CCc2ccccc2)[nH]c1=O.